The summed E-state index contributed by atoms with van der Waals surface area (Å²) < 4.78 is 0. The smallest absolute Gasteiger partial charge is 0.156 e. The molecule has 0 aromatic carbocycles. The fourth-order valence-electron chi connectivity index (χ4n) is 1.82. The number of rotatable bonds is 1. The molecule has 1 atom stereocenters. The van der Waals surface area contributed by atoms with Gasteiger partial charge in [0.05, 0.1) is 0 Å². The summed E-state index contributed by atoms with van der Waals surface area (Å²) in [5.41, 5.74) is 1.22. The highest BCUT2D eigenvalue weighted by molar-refractivity contribution is 7.10. The molecule has 2 heteroatoms. The second kappa shape index (κ2) is 3.46. The number of hydrogen-bond acceptors (Lipinski definition) is 2. The molecule has 1 aliphatic carbocycles. The first-order chi connectivity index (χ1) is 6.25. The van der Waals surface area contributed by atoms with Crippen LogP contribution in [-0.2, 0) is 4.79 Å². The predicted molar refractivity (Wildman–Crippen MR) is 55.1 cm³/mol. The fourth-order valence-corrected chi connectivity index (χ4v) is 2.65. The molecular formula is C11H12OS. The molecular weight excluding hydrogens is 180 g/mol. The van der Waals surface area contributed by atoms with Gasteiger partial charge < -0.3 is 0 Å². The van der Waals surface area contributed by atoms with Crippen molar-refractivity contribution >= 4 is 17.1 Å². The van der Waals surface area contributed by atoms with Crippen molar-refractivity contribution in [3.05, 3.63) is 34.0 Å². The van der Waals surface area contributed by atoms with Crippen LogP contribution in [0.15, 0.2) is 29.2 Å². The molecule has 13 heavy (non-hydrogen) atoms. The minimum atomic E-state index is 0.280. The third kappa shape index (κ3) is 1.89. The van der Waals surface area contributed by atoms with Crippen LogP contribution in [0.2, 0.25) is 0 Å². The molecule has 0 saturated heterocycles. The van der Waals surface area contributed by atoms with Crippen molar-refractivity contribution < 1.29 is 4.79 Å². The highest BCUT2D eigenvalue weighted by Gasteiger charge is 2.20. The van der Waals surface area contributed by atoms with Gasteiger partial charge in [0, 0.05) is 17.2 Å². The Balaban J connectivity index is 2.20. The summed E-state index contributed by atoms with van der Waals surface area (Å²) in [5, 5.41) is 2.08. The topological polar surface area (TPSA) is 17.1 Å². The lowest BCUT2D eigenvalue weighted by molar-refractivity contribution is -0.115. The Morgan fingerprint density at radius 1 is 1.46 bits per heavy atom. The summed E-state index contributed by atoms with van der Waals surface area (Å²) in [6, 6.07) is 4.18. The average molecular weight is 192 g/mol. The Kier molecular flexibility index (Phi) is 2.32. The average Bonchev–Trinajstić information content (AvgIpc) is 2.53. The van der Waals surface area contributed by atoms with Crippen molar-refractivity contribution in [1.82, 2.24) is 0 Å². The first kappa shape index (κ1) is 8.70. The molecule has 0 unspecified atom stereocenters. The van der Waals surface area contributed by atoms with Crippen molar-refractivity contribution in [2.75, 3.05) is 0 Å². The maximum atomic E-state index is 11.3. The molecule has 1 aliphatic rings. The Bertz CT molecular complexity index is 335. The van der Waals surface area contributed by atoms with Crippen LogP contribution in [0.4, 0.5) is 0 Å². The van der Waals surface area contributed by atoms with Crippen molar-refractivity contribution in [2.45, 2.75) is 25.7 Å². The number of carbonyl (C=O) groups excluding carboxylic acids is 1. The molecule has 0 N–H and O–H groups in total. The highest BCUT2D eigenvalue weighted by Crippen LogP contribution is 2.33. The first-order valence-electron chi connectivity index (χ1n) is 4.49. The maximum Gasteiger partial charge on any atom is 0.156 e. The van der Waals surface area contributed by atoms with Gasteiger partial charge in [-0.05, 0) is 30.9 Å². The van der Waals surface area contributed by atoms with Crippen LogP contribution in [0, 0.1) is 0 Å². The number of carbonyl (C=O) groups is 1. The molecule has 0 aliphatic heterocycles. The first-order valence-corrected chi connectivity index (χ1v) is 5.37. The van der Waals surface area contributed by atoms with Gasteiger partial charge in [-0.25, -0.2) is 0 Å². The molecule has 1 aromatic heterocycles. The fraction of sp³-hybridized carbons (Fsp3) is 0.364. The summed E-state index contributed by atoms with van der Waals surface area (Å²) in [4.78, 5) is 12.7. The molecule has 0 saturated carbocycles. The van der Waals surface area contributed by atoms with Gasteiger partial charge in [0.15, 0.2) is 5.78 Å². The van der Waals surface area contributed by atoms with Crippen LogP contribution >= 0.6 is 11.3 Å². The molecule has 0 radical (unpaired) electrons. The second-order valence-corrected chi connectivity index (χ2v) is 4.56. The molecule has 0 bridgehead atoms. The van der Waals surface area contributed by atoms with E-state index < -0.39 is 0 Å². The minimum Gasteiger partial charge on any atom is -0.295 e. The van der Waals surface area contributed by atoms with Crippen LogP contribution in [-0.4, -0.2) is 5.78 Å². The third-order valence-corrected chi connectivity index (χ3v) is 3.40. The summed E-state index contributed by atoms with van der Waals surface area (Å²) in [6.07, 6.45) is 3.52. The number of hydrogen-bond donors (Lipinski definition) is 0. The van der Waals surface area contributed by atoms with E-state index in [0.717, 1.165) is 6.42 Å². The Morgan fingerprint density at radius 2 is 2.31 bits per heavy atom. The van der Waals surface area contributed by atoms with Gasteiger partial charge in [-0.3, -0.25) is 4.79 Å². The van der Waals surface area contributed by atoms with E-state index in [1.165, 1.54) is 10.5 Å². The monoisotopic (exact) mass is 192 g/mol. The molecule has 0 amide bonds. The lowest BCUT2D eigenvalue weighted by Gasteiger charge is -2.18. The predicted octanol–water partition coefficient (Wildman–Crippen LogP) is 3.14. The summed E-state index contributed by atoms with van der Waals surface area (Å²) in [6.45, 7) is 2.04. The zero-order valence-electron chi connectivity index (χ0n) is 7.62. The van der Waals surface area contributed by atoms with Crippen molar-refractivity contribution in [1.29, 1.82) is 0 Å². The van der Waals surface area contributed by atoms with Gasteiger partial charge in [-0.2, -0.15) is 0 Å². The molecule has 0 spiro atoms. The Morgan fingerprint density at radius 3 is 2.92 bits per heavy atom. The van der Waals surface area contributed by atoms with Gasteiger partial charge in [-0.15, -0.1) is 11.3 Å². The molecule has 2 rings (SSSR count). The quantitative estimate of drug-likeness (QED) is 0.668. The van der Waals surface area contributed by atoms with E-state index in [-0.39, 0.29) is 5.78 Å². The van der Waals surface area contributed by atoms with E-state index in [9.17, 15) is 4.79 Å². The van der Waals surface area contributed by atoms with E-state index in [1.54, 1.807) is 17.4 Å². The van der Waals surface area contributed by atoms with Crippen molar-refractivity contribution in [2.24, 2.45) is 0 Å². The molecule has 0 fully saturated rings. The normalized spacial score (nSPS) is 23.0. The zero-order chi connectivity index (χ0) is 9.26. The van der Waals surface area contributed by atoms with Gasteiger partial charge >= 0.3 is 0 Å². The summed E-state index contributed by atoms with van der Waals surface area (Å²) in [5.74, 6) is 0.722. The lowest BCUT2D eigenvalue weighted by Crippen LogP contribution is -2.10. The van der Waals surface area contributed by atoms with E-state index in [0.29, 0.717) is 12.3 Å². The molecule has 1 aromatic rings. The van der Waals surface area contributed by atoms with Crippen molar-refractivity contribution in [3.63, 3.8) is 0 Å². The highest BCUT2D eigenvalue weighted by atomic mass is 32.1. The summed E-state index contributed by atoms with van der Waals surface area (Å²) >= 11 is 1.75. The maximum absolute atomic E-state index is 11.3. The van der Waals surface area contributed by atoms with Crippen LogP contribution in [0.1, 0.15) is 30.6 Å². The van der Waals surface area contributed by atoms with Crippen LogP contribution in [0.25, 0.3) is 0 Å². The Labute approximate surface area is 82.1 Å². The standard InChI is InChI=1S/C11H12OS/c1-8-5-9(7-10(12)6-8)11-3-2-4-13-11/h2-4,6,9H,5,7H2,1H3/t9-/m0/s1. The zero-order valence-corrected chi connectivity index (χ0v) is 8.43. The molecule has 68 valence electrons. The molecule has 1 nitrogen and oxygen atoms in total. The van der Waals surface area contributed by atoms with Gasteiger partial charge in [-0.1, -0.05) is 11.6 Å². The van der Waals surface area contributed by atoms with Gasteiger partial charge in [0.2, 0.25) is 0 Å². The third-order valence-electron chi connectivity index (χ3n) is 2.37. The number of allylic oxidation sites excluding steroid dienone is 2. The number of ketones is 1. The lowest BCUT2D eigenvalue weighted by atomic mass is 9.88. The van der Waals surface area contributed by atoms with Crippen LogP contribution < -0.4 is 0 Å². The molecule has 1 heterocycles. The van der Waals surface area contributed by atoms with E-state index in [4.69, 9.17) is 0 Å². The Hall–Kier alpha value is -0.890. The van der Waals surface area contributed by atoms with Crippen LogP contribution in [0.3, 0.4) is 0 Å². The van der Waals surface area contributed by atoms with E-state index in [2.05, 4.69) is 17.5 Å². The number of thiophene rings is 1. The largest absolute Gasteiger partial charge is 0.295 e. The van der Waals surface area contributed by atoms with E-state index in [1.807, 2.05) is 6.92 Å². The summed E-state index contributed by atoms with van der Waals surface area (Å²) in [7, 11) is 0. The van der Waals surface area contributed by atoms with Crippen LogP contribution in [0.5, 0.6) is 0 Å². The van der Waals surface area contributed by atoms with Crippen molar-refractivity contribution in [3.8, 4) is 0 Å². The minimum absolute atomic E-state index is 0.280. The van der Waals surface area contributed by atoms with Gasteiger partial charge in [0.25, 0.3) is 0 Å². The van der Waals surface area contributed by atoms with E-state index >= 15 is 0 Å². The van der Waals surface area contributed by atoms with Gasteiger partial charge in [0.1, 0.15) is 0 Å². The SMILES string of the molecule is CC1=CC(=O)C[C@@H](c2cccs2)C1. The second-order valence-electron chi connectivity index (χ2n) is 3.58.